The molecule has 4 nitrogen and oxygen atoms in total. The maximum Gasteiger partial charge on any atom is 0.338 e. The lowest BCUT2D eigenvalue weighted by Crippen LogP contribution is -2.08. The largest absolute Gasteiger partial charge is 0.496 e. The van der Waals surface area contributed by atoms with E-state index in [9.17, 15) is 4.79 Å². The van der Waals surface area contributed by atoms with Crippen molar-refractivity contribution in [2.75, 3.05) is 12.8 Å². The second kappa shape index (κ2) is 6.63. The lowest BCUT2D eigenvalue weighted by molar-refractivity contribution is 0.0472. The van der Waals surface area contributed by atoms with Crippen molar-refractivity contribution >= 4 is 27.6 Å². The van der Waals surface area contributed by atoms with E-state index < -0.39 is 0 Å². The summed E-state index contributed by atoms with van der Waals surface area (Å²) in [5.41, 5.74) is 8.47. The van der Waals surface area contributed by atoms with Gasteiger partial charge in [-0.2, -0.15) is 0 Å². The van der Waals surface area contributed by atoms with Gasteiger partial charge in [-0.15, -0.1) is 0 Å². The zero-order valence-corrected chi connectivity index (χ0v) is 13.4. The predicted octanol–water partition coefficient (Wildman–Crippen LogP) is 3.71. The number of carbonyl (C=O) groups is 1. The van der Waals surface area contributed by atoms with Crippen LogP contribution in [0.25, 0.3) is 0 Å². The maximum atomic E-state index is 12.1. The van der Waals surface area contributed by atoms with Gasteiger partial charge in [0.05, 0.1) is 17.1 Å². The first-order chi connectivity index (χ1) is 10.0. The van der Waals surface area contributed by atoms with Gasteiger partial charge >= 0.3 is 5.97 Å². The SMILES string of the molecule is COc1ccc(COC(=O)c2cccc(N)c2C)cc1Br. The van der Waals surface area contributed by atoms with Crippen LogP contribution < -0.4 is 10.5 Å². The van der Waals surface area contributed by atoms with Crippen LogP contribution in [-0.2, 0) is 11.3 Å². The average molecular weight is 350 g/mol. The topological polar surface area (TPSA) is 61.5 Å². The molecule has 2 rings (SSSR count). The van der Waals surface area contributed by atoms with E-state index in [1.165, 1.54) is 0 Å². The number of esters is 1. The van der Waals surface area contributed by atoms with Gasteiger partial charge in [0, 0.05) is 5.69 Å². The minimum Gasteiger partial charge on any atom is -0.496 e. The monoisotopic (exact) mass is 349 g/mol. The van der Waals surface area contributed by atoms with Crippen molar-refractivity contribution in [3.05, 3.63) is 57.6 Å². The van der Waals surface area contributed by atoms with Crippen molar-refractivity contribution in [3.63, 3.8) is 0 Å². The third-order valence-electron chi connectivity index (χ3n) is 3.18. The summed E-state index contributed by atoms with van der Waals surface area (Å²) in [6.45, 7) is 1.99. The minimum atomic E-state index is -0.383. The first-order valence-corrected chi connectivity index (χ1v) is 7.17. The van der Waals surface area contributed by atoms with Crippen molar-refractivity contribution in [3.8, 4) is 5.75 Å². The third kappa shape index (κ3) is 3.55. The molecule has 21 heavy (non-hydrogen) atoms. The number of nitrogens with two attached hydrogens (primary N) is 1. The molecule has 0 amide bonds. The lowest BCUT2D eigenvalue weighted by Gasteiger charge is -2.10. The van der Waals surface area contributed by atoms with Crippen LogP contribution in [0, 0.1) is 6.92 Å². The number of rotatable bonds is 4. The quantitative estimate of drug-likeness (QED) is 0.675. The second-order valence-corrected chi connectivity index (χ2v) is 5.42. The summed E-state index contributed by atoms with van der Waals surface area (Å²) < 4.78 is 11.3. The van der Waals surface area contributed by atoms with Gasteiger partial charge in [-0.05, 0) is 58.2 Å². The molecule has 0 unspecified atom stereocenters. The molecule has 0 saturated heterocycles. The average Bonchev–Trinajstić information content (AvgIpc) is 2.47. The van der Waals surface area contributed by atoms with Gasteiger partial charge in [0.15, 0.2) is 0 Å². The molecular weight excluding hydrogens is 334 g/mol. The van der Waals surface area contributed by atoms with Crippen molar-refractivity contribution in [1.82, 2.24) is 0 Å². The highest BCUT2D eigenvalue weighted by atomic mass is 79.9. The highest BCUT2D eigenvalue weighted by Gasteiger charge is 2.12. The molecule has 0 aliphatic rings. The number of hydrogen-bond donors (Lipinski definition) is 1. The van der Waals surface area contributed by atoms with E-state index in [1.54, 1.807) is 32.2 Å². The van der Waals surface area contributed by atoms with Crippen LogP contribution >= 0.6 is 15.9 Å². The molecule has 110 valence electrons. The molecule has 2 aromatic rings. The second-order valence-electron chi connectivity index (χ2n) is 4.56. The van der Waals surface area contributed by atoms with E-state index >= 15 is 0 Å². The summed E-state index contributed by atoms with van der Waals surface area (Å²) in [5, 5.41) is 0. The summed E-state index contributed by atoms with van der Waals surface area (Å²) >= 11 is 3.40. The highest BCUT2D eigenvalue weighted by Crippen LogP contribution is 2.26. The van der Waals surface area contributed by atoms with Crippen molar-refractivity contribution in [1.29, 1.82) is 0 Å². The molecule has 5 heteroatoms. The molecule has 0 aliphatic carbocycles. The van der Waals surface area contributed by atoms with E-state index in [2.05, 4.69) is 15.9 Å². The Morgan fingerprint density at radius 2 is 2.05 bits per heavy atom. The number of carbonyl (C=O) groups excluding carboxylic acids is 1. The Bertz CT molecular complexity index is 671. The Labute approximate surface area is 132 Å². The Kier molecular flexibility index (Phi) is 4.85. The maximum absolute atomic E-state index is 12.1. The number of hydrogen-bond acceptors (Lipinski definition) is 4. The van der Waals surface area contributed by atoms with E-state index in [1.807, 2.05) is 18.2 Å². The van der Waals surface area contributed by atoms with Crippen molar-refractivity contribution in [2.45, 2.75) is 13.5 Å². The Balaban J connectivity index is 2.07. The normalized spacial score (nSPS) is 10.2. The molecular formula is C16H16BrNO3. The van der Waals surface area contributed by atoms with E-state index in [0.29, 0.717) is 11.3 Å². The number of benzene rings is 2. The summed E-state index contributed by atoms with van der Waals surface area (Å²) in [5.74, 6) is 0.350. The highest BCUT2D eigenvalue weighted by molar-refractivity contribution is 9.10. The summed E-state index contributed by atoms with van der Waals surface area (Å²) in [6, 6.07) is 10.7. The van der Waals surface area contributed by atoms with Crippen LogP contribution in [0.1, 0.15) is 21.5 Å². The standard InChI is InChI=1S/C16H16BrNO3/c1-10-12(4-3-5-14(10)18)16(19)21-9-11-6-7-15(20-2)13(17)8-11/h3-8H,9,18H2,1-2H3. The smallest absolute Gasteiger partial charge is 0.338 e. The molecule has 2 N–H and O–H groups in total. The molecule has 0 atom stereocenters. The fraction of sp³-hybridized carbons (Fsp3) is 0.188. The van der Waals surface area contributed by atoms with E-state index in [-0.39, 0.29) is 12.6 Å². The van der Waals surface area contributed by atoms with Gasteiger partial charge in [-0.25, -0.2) is 4.79 Å². The summed E-state index contributed by atoms with van der Waals surface area (Å²) in [6.07, 6.45) is 0. The van der Waals surface area contributed by atoms with Gasteiger partial charge in [0.1, 0.15) is 12.4 Å². The molecule has 0 aromatic heterocycles. The number of ether oxygens (including phenoxy) is 2. The van der Waals surface area contributed by atoms with Crippen LogP contribution in [0.4, 0.5) is 5.69 Å². The molecule has 0 spiro atoms. The third-order valence-corrected chi connectivity index (χ3v) is 3.80. The zero-order chi connectivity index (χ0) is 15.4. The summed E-state index contributed by atoms with van der Waals surface area (Å²) in [7, 11) is 1.60. The molecule has 0 bridgehead atoms. The van der Waals surface area contributed by atoms with Gasteiger partial charge < -0.3 is 15.2 Å². The summed E-state index contributed by atoms with van der Waals surface area (Å²) in [4.78, 5) is 12.1. The van der Waals surface area contributed by atoms with E-state index in [0.717, 1.165) is 21.3 Å². The van der Waals surface area contributed by atoms with Gasteiger partial charge in [-0.3, -0.25) is 0 Å². The number of anilines is 1. The van der Waals surface area contributed by atoms with Gasteiger partial charge in [0.25, 0.3) is 0 Å². The first-order valence-electron chi connectivity index (χ1n) is 6.37. The number of nitrogen functional groups attached to an aromatic ring is 1. The fourth-order valence-electron chi connectivity index (χ4n) is 1.90. The van der Waals surface area contributed by atoms with E-state index in [4.69, 9.17) is 15.2 Å². The molecule has 0 saturated carbocycles. The van der Waals surface area contributed by atoms with Crippen LogP contribution in [0.3, 0.4) is 0 Å². The Morgan fingerprint density at radius 3 is 2.71 bits per heavy atom. The molecule has 2 aromatic carbocycles. The van der Waals surface area contributed by atoms with Crippen LogP contribution in [0.2, 0.25) is 0 Å². The van der Waals surface area contributed by atoms with Gasteiger partial charge in [-0.1, -0.05) is 12.1 Å². The molecule has 0 radical (unpaired) electrons. The fourth-order valence-corrected chi connectivity index (χ4v) is 2.49. The molecule has 0 fully saturated rings. The Morgan fingerprint density at radius 1 is 1.29 bits per heavy atom. The van der Waals surface area contributed by atoms with Crippen LogP contribution in [0.15, 0.2) is 40.9 Å². The molecule has 0 aliphatic heterocycles. The minimum absolute atomic E-state index is 0.190. The zero-order valence-electron chi connectivity index (χ0n) is 11.9. The first kappa shape index (κ1) is 15.4. The predicted molar refractivity (Wildman–Crippen MR) is 85.4 cm³/mol. The van der Waals surface area contributed by atoms with Crippen LogP contribution in [-0.4, -0.2) is 13.1 Å². The lowest BCUT2D eigenvalue weighted by atomic mass is 10.1. The van der Waals surface area contributed by atoms with Crippen LogP contribution in [0.5, 0.6) is 5.75 Å². The van der Waals surface area contributed by atoms with Gasteiger partial charge in [0.2, 0.25) is 0 Å². The number of halogens is 1. The Hall–Kier alpha value is -2.01. The van der Waals surface area contributed by atoms with Crippen molar-refractivity contribution in [2.24, 2.45) is 0 Å². The number of methoxy groups -OCH3 is 1. The molecule has 0 heterocycles. The van der Waals surface area contributed by atoms with Crippen molar-refractivity contribution < 1.29 is 14.3 Å².